The van der Waals surface area contributed by atoms with Crippen molar-refractivity contribution in [1.82, 2.24) is 10.2 Å². The normalized spacial score (nSPS) is 51.3. The summed E-state index contributed by atoms with van der Waals surface area (Å²) in [5, 5.41) is 6.64. The fourth-order valence-corrected chi connectivity index (χ4v) is 3.63. The average molecular weight is 206 g/mol. The molecule has 5 heteroatoms. The Morgan fingerprint density at radius 2 is 2.40 bits per heavy atom. The minimum Gasteiger partial charge on any atom is -0.382 e. The minimum atomic E-state index is 0.372. The van der Waals surface area contributed by atoms with Gasteiger partial charge in [0, 0.05) is 30.6 Å². The van der Waals surface area contributed by atoms with Gasteiger partial charge in [0.25, 0.3) is 0 Å². The highest BCUT2D eigenvalue weighted by Gasteiger charge is 2.92. The van der Waals surface area contributed by atoms with E-state index in [1.54, 1.807) is 0 Å². The Hall–Kier alpha value is -0.940. The Bertz CT molecular complexity index is 347. The molecule has 2 saturated carbocycles. The Morgan fingerprint density at radius 1 is 1.53 bits per heavy atom. The Morgan fingerprint density at radius 3 is 3.00 bits per heavy atom. The van der Waals surface area contributed by atoms with E-state index in [-0.39, 0.29) is 0 Å². The van der Waals surface area contributed by atoms with Gasteiger partial charge in [0.05, 0.1) is 31.0 Å². The maximum atomic E-state index is 6.68. The molecule has 4 atom stereocenters. The first-order valence-corrected chi connectivity index (χ1v) is 5.52. The molecular weight excluding hydrogens is 192 g/mol. The summed E-state index contributed by atoms with van der Waals surface area (Å²) in [6, 6.07) is 1.42. The number of nitrogens with zero attached hydrogens (tertiary/aromatic N) is 2. The van der Waals surface area contributed by atoms with E-state index in [1.165, 1.54) is 12.7 Å². The molecule has 2 bridgehead atoms. The van der Waals surface area contributed by atoms with Crippen molar-refractivity contribution < 1.29 is 4.74 Å². The highest BCUT2D eigenvalue weighted by molar-refractivity contribution is 5.49. The molecule has 0 aromatic rings. The summed E-state index contributed by atoms with van der Waals surface area (Å²) in [7, 11) is 0. The van der Waals surface area contributed by atoms with Crippen molar-refractivity contribution in [2.45, 2.75) is 17.6 Å². The quantitative estimate of drug-likeness (QED) is 0.644. The molecule has 0 amide bonds. The summed E-state index contributed by atoms with van der Waals surface area (Å²) >= 11 is 0. The SMILES string of the molecule is N=N/C=C\NC12C3CN(C4COC4)C1C32. The first kappa shape index (κ1) is 8.24. The number of ether oxygens (including phenoxy) is 1. The van der Waals surface area contributed by atoms with Crippen molar-refractivity contribution in [3.63, 3.8) is 0 Å². The number of rotatable bonds is 4. The first-order chi connectivity index (χ1) is 7.39. The van der Waals surface area contributed by atoms with Gasteiger partial charge in [-0.3, -0.25) is 4.90 Å². The first-order valence-electron chi connectivity index (χ1n) is 5.52. The fourth-order valence-electron chi connectivity index (χ4n) is 3.63. The summed E-state index contributed by atoms with van der Waals surface area (Å²) in [5.41, 5.74) is 7.05. The molecule has 4 unspecified atom stereocenters. The third-order valence-corrected chi connectivity index (χ3v) is 4.55. The van der Waals surface area contributed by atoms with E-state index >= 15 is 0 Å². The Balaban J connectivity index is 1.44. The lowest BCUT2D eigenvalue weighted by atomic mass is 10.2. The second-order valence-electron chi connectivity index (χ2n) is 4.99. The summed E-state index contributed by atoms with van der Waals surface area (Å²) in [6.45, 7) is 3.08. The predicted octanol–water partition coefficient (Wildman–Crippen LogP) is 0.160. The van der Waals surface area contributed by atoms with Gasteiger partial charge in [-0.05, 0) is 0 Å². The van der Waals surface area contributed by atoms with Crippen LogP contribution in [0.3, 0.4) is 0 Å². The predicted molar refractivity (Wildman–Crippen MR) is 52.2 cm³/mol. The zero-order valence-electron chi connectivity index (χ0n) is 8.39. The van der Waals surface area contributed by atoms with Crippen LogP contribution in [-0.4, -0.2) is 42.3 Å². The average Bonchev–Trinajstić information content (AvgIpc) is 2.84. The molecule has 0 aromatic carbocycles. The van der Waals surface area contributed by atoms with E-state index in [9.17, 15) is 0 Å². The molecule has 5 fully saturated rings. The maximum absolute atomic E-state index is 6.68. The second-order valence-corrected chi connectivity index (χ2v) is 4.99. The summed E-state index contributed by atoms with van der Waals surface area (Å²) in [5.74, 6) is 1.71. The minimum absolute atomic E-state index is 0.372. The van der Waals surface area contributed by atoms with Gasteiger partial charge in [0.1, 0.15) is 0 Å². The molecule has 0 spiro atoms. The van der Waals surface area contributed by atoms with Gasteiger partial charge < -0.3 is 10.1 Å². The van der Waals surface area contributed by atoms with E-state index in [1.807, 2.05) is 6.20 Å². The maximum Gasteiger partial charge on any atom is 0.0645 e. The van der Waals surface area contributed by atoms with E-state index in [4.69, 9.17) is 10.3 Å². The van der Waals surface area contributed by atoms with Crippen LogP contribution in [0, 0.1) is 17.4 Å². The van der Waals surface area contributed by atoms with Crippen LogP contribution in [0.1, 0.15) is 0 Å². The van der Waals surface area contributed by atoms with Crippen molar-refractivity contribution in [1.29, 1.82) is 5.53 Å². The van der Waals surface area contributed by atoms with Crippen LogP contribution in [0.25, 0.3) is 0 Å². The van der Waals surface area contributed by atoms with Crippen LogP contribution in [0.2, 0.25) is 0 Å². The molecule has 80 valence electrons. The number of piperidine rings is 1. The fraction of sp³-hybridized carbons (Fsp3) is 0.800. The topological polar surface area (TPSA) is 60.7 Å². The number of nitrogens with one attached hydrogen (secondary N) is 2. The van der Waals surface area contributed by atoms with Crippen LogP contribution in [-0.2, 0) is 4.74 Å². The van der Waals surface area contributed by atoms with Crippen LogP contribution in [0.5, 0.6) is 0 Å². The van der Waals surface area contributed by atoms with Gasteiger partial charge >= 0.3 is 0 Å². The molecule has 3 aliphatic heterocycles. The third kappa shape index (κ3) is 0.787. The number of hydrogen-bond donors (Lipinski definition) is 2. The Kier molecular flexibility index (Phi) is 1.33. The Labute approximate surface area is 88.0 Å². The van der Waals surface area contributed by atoms with Crippen molar-refractivity contribution in [2.75, 3.05) is 19.8 Å². The van der Waals surface area contributed by atoms with Gasteiger partial charge in [-0.1, -0.05) is 0 Å². The van der Waals surface area contributed by atoms with Gasteiger partial charge in [-0.15, -0.1) is 0 Å². The molecule has 2 aliphatic carbocycles. The molecule has 15 heavy (non-hydrogen) atoms. The van der Waals surface area contributed by atoms with Crippen molar-refractivity contribution in [3.8, 4) is 0 Å². The van der Waals surface area contributed by atoms with Crippen molar-refractivity contribution in [2.24, 2.45) is 17.0 Å². The third-order valence-electron chi connectivity index (χ3n) is 4.55. The molecule has 2 N–H and O–H groups in total. The zero-order valence-corrected chi connectivity index (χ0v) is 8.39. The lowest BCUT2D eigenvalue weighted by molar-refractivity contribution is -0.0601. The van der Waals surface area contributed by atoms with Gasteiger partial charge in [-0.25, -0.2) is 5.53 Å². The number of fused-ring (bicyclic) bond motifs is 1. The summed E-state index contributed by atoms with van der Waals surface area (Å²) < 4.78 is 5.24. The van der Waals surface area contributed by atoms with E-state index in [2.05, 4.69) is 15.3 Å². The van der Waals surface area contributed by atoms with Gasteiger partial charge in [-0.2, -0.15) is 5.11 Å². The molecule has 5 nitrogen and oxygen atoms in total. The molecule has 3 saturated heterocycles. The monoisotopic (exact) mass is 206 g/mol. The highest BCUT2D eigenvalue weighted by Crippen LogP contribution is 2.79. The van der Waals surface area contributed by atoms with Crippen LogP contribution in [0.4, 0.5) is 0 Å². The van der Waals surface area contributed by atoms with E-state index in [0.717, 1.165) is 31.1 Å². The van der Waals surface area contributed by atoms with E-state index < -0.39 is 0 Å². The van der Waals surface area contributed by atoms with Crippen LogP contribution < -0.4 is 5.32 Å². The smallest absolute Gasteiger partial charge is 0.0645 e. The molecule has 3 heterocycles. The number of hydrogen-bond acceptors (Lipinski definition) is 5. The lowest BCUT2D eigenvalue weighted by Gasteiger charge is -2.34. The molecule has 0 radical (unpaired) electrons. The highest BCUT2D eigenvalue weighted by atomic mass is 16.5. The largest absolute Gasteiger partial charge is 0.382 e. The molecule has 0 aromatic heterocycles. The van der Waals surface area contributed by atoms with Crippen LogP contribution >= 0.6 is 0 Å². The van der Waals surface area contributed by atoms with Gasteiger partial charge in [0.2, 0.25) is 0 Å². The van der Waals surface area contributed by atoms with Crippen molar-refractivity contribution >= 4 is 0 Å². The van der Waals surface area contributed by atoms with Crippen LogP contribution in [0.15, 0.2) is 17.5 Å². The molecular formula is C10H14N4O. The molecule has 5 aliphatic rings. The lowest BCUT2D eigenvalue weighted by Crippen LogP contribution is -2.49. The van der Waals surface area contributed by atoms with Gasteiger partial charge in [0.15, 0.2) is 0 Å². The second kappa shape index (κ2) is 2.41. The van der Waals surface area contributed by atoms with Crippen molar-refractivity contribution in [3.05, 3.63) is 12.4 Å². The molecule has 5 rings (SSSR count). The summed E-state index contributed by atoms with van der Waals surface area (Å²) in [6.07, 6.45) is 3.33. The van der Waals surface area contributed by atoms with E-state index in [0.29, 0.717) is 11.6 Å². The zero-order chi connectivity index (χ0) is 10.0. The summed E-state index contributed by atoms with van der Waals surface area (Å²) in [4.78, 5) is 2.61. The standard InChI is InChI=1S/C10H14N4O/c11-13-2-1-12-10-7-3-14(6-4-15-5-6)9(10)8(7)10/h1-2,6-9,11-12H,3-5H2/b2-1-,13-11?.